The van der Waals surface area contributed by atoms with E-state index in [1.54, 1.807) is 7.11 Å². The van der Waals surface area contributed by atoms with Crippen LogP contribution in [0.1, 0.15) is 32.3 Å². The monoisotopic (exact) mass is 319 g/mol. The van der Waals surface area contributed by atoms with E-state index in [-0.39, 0.29) is 24.5 Å². The predicted octanol–water partition coefficient (Wildman–Crippen LogP) is 2.39. The van der Waals surface area contributed by atoms with Crippen molar-refractivity contribution in [1.29, 1.82) is 0 Å². The summed E-state index contributed by atoms with van der Waals surface area (Å²) in [7, 11) is 1.60. The Balaban J connectivity index is 2.02. The summed E-state index contributed by atoms with van der Waals surface area (Å²) >= 11 is 0. The highest BCUT2D eigenvalue weighted by Crippen LogP contribution is 2.35. The molecule has 0 atom stereocenters. The van der Waals surface area contributed by atoms with Gasteiger partial charge in [-0.05, 0) is 30.4 Å². The second-order valence-electron chi connectivity index (χ2n) is 6.51. The van der Waals surface area contributed by atoms with Gasteiger partial charge in [0, 0.05) is 18.7 Å². The van der Waals surface area contributed by atoms with Crippen LogP contribution in [0, 0.1) is 5.41 Å². The first-order valence-electron chi connectivity index (χ1n) is 7.86. The predicted molar refractivity (Wildman–Crippen MR) is 89.6 cm³/mol. The third kappa shape index (κ3) is 4.48. The normalized spacial score (nSPS) is 13.7. The SMILES string of the molecule is COc1cccc2c1OCC(C(=O)NCC(C)(C)CCCO)=C2. The van der Waals surface area contributed by atoms with E-state index in [1.807, 2.05) is 24.3 Å². The number of methoxy groups -OCH3 is 1. The van der Waals surface area contributed by atoms with Gasteiger partial charge >= 0.3 is 0 Å². The van der Waals surface area contributed by atoms with Gasteiger partial charge in [-0.2, -0.15) is 0 Å². The van der Waals surface area contributed by atoms with E-state index in [0.29, 0.717) is 23.6 Å². The van der Waals surface area contributed by atoms with Gasteiger partial charge in [-0.1, -0.05) is 26.0 Å². The summed E-state index contributed by atoms with van der Waals surface area (Å²) in [5, 5.41) is 11.9. The Bertz CT molecular complexity index is 593. The molecule has 0 saturated heterocycles. The maximum atomic E-state index is 12.3. The highest BCUT2D eigenvalue weighted by molar-refractivity contribution is 5.99. The van der Waals surface area contributed by atoms with Crippen LogP contribution in [0.5, 0.6) is 11.5 Å². The smallest absolute Gasteiger partial charge is 0.250 e. The number of carbonyl (C=O) groups is 1. The van der Waals surface area contributed by atoms with Crippen LogP contribution in [0.25, 0.3) is 6.08 Å². The molecule has 5 nitrogen and oxygen atoms in total. The fraction of sp³-hybridized carbons (Fsp3) is 0.500. The summed E-state index contributed by atoms with van der Waals surface area (Å²) in [4.78, 5) is 12.3. The van der Waals surface area contributed by atoms with E-state index >= 15 is 0 Å². The molecule has 126 valence electrons. The van der Waals surface area contributed by atoms with Crippen LogP contribution >= 0.6 is 0 Å². The molecule has 1 aliphatic heterocycles. The first-order valence-corrected chi connectivity index (χ1v) is 7.86. The Morgan fingerprint density at radius 3 is 2.91 bits per heavy atom. The van der Waals surface area contributed by atoms with Crippen LogP contribution in [-0.2, 0) is 4.79 Å². The molecule has 0 radical (unpaired) electrons. The van der Waals surface area contributed by atoms with Gasteiger partial charge in [-0.25, -0.2) is 0 Å². The molecule has 1 heterocycles. The van der Waals surface area contributed by atoms with Crippen molar-refractivity contribution in [3.63, 3.8) is 0 Å². The lowest BCUT2D eigenvalue weighted by molar-refractivity contribution is -0.118. The van der Waals surface area contributed by atoms with Crippen molar-refractivity contribution < 1.29 is 19.4 Å². The highest BCUT2D eigenvalue weighted by atomic mass is 16.5. The second-order valence-corrected chi connectivity index (χ2v) is 6.51. The number of nitrogens with one attached hydrogen (secondary N) is 1. The highest BCUT2D eigenvalue weighted by Gasteiger charge is 2.22. The molecule has 23 heavy (non-hydrogen) atoms. The molecule has 0 fully saturated rings. The van der Waals surface area contributed by atoms with Gasteiger partial charge < -0.3 is 19.9 Å². The lowest BCUT2D eigenvalue weighted by atomic mass is 9.88. The first kappa shape index (κ1) is 17.3. The van der Waals surface area contributed by atoms with Crippen LogP contribution in [-0.4, -0.2) is 37.9 Å². The minimum absolute atomic E-state index is 0.0460. The molecule has 0 aromatic heterocycles. The van der Waals surface area contributed by atoms with Gasteiger partial charge in [-0.3, -0.25) is 4.79 Å². The minimum Gasteiger partial charge on any atom is -0.493 e. The van der Waals surface area contributed by atoms with Crippen LogP contribution < -0.4 is 14.8 Å². The van der Waals surface area contributed by atoms with E-state index in [9.17, 15) is 4.79 Å². The van der Waals surface area contributed by atoms with E-state index in [2.05, 4.69) is 19.2 Å². The average Bonchev–Trinajstić information content (AvgIpc) is 2.56. The maximum absolute atomic E-state index is 12.3. The van der Waals surface area contributed by atoms with Crippen LogP contribution in [0.3, 0.4) is 0 Å². The number of rotatable bonds is 7. The van der Waals surface area contributed by atoms with Crippen molar-refractivity contribution in [3.8, 4) is 11.5 Å². The maximum Gasteiger partial charge on any atom is 0.250 e. The number of para-hydroxylation sites is 1. The van der Waals surface area contributed by atoms with Crippen LogP contribution in [0.2, 0.25) is 0 Å². The topological polar surface area (TPSA) is 67.8 Å². The Morgan fingerprint density at radius 1 is 1.43 bits per heavy atom. The summed E-state index contributed by atoms with van der Waals surface area (Å²) in [6.45, 7) is 5.13. The Morgan fingerprint density at radius 2 is 2.22 bits per heavy atom. The van der Waals surface area contributed by atoms with Gasteiger partial charge in [0.05, 0.1) is 12.7 Å². The number of amides is 1. The fourth-order valence-corrected chi connectivity index (χ4v) is 2.55. The number of aliphatic hydroxyl groups excluding tert-OH is 1. The zero-order valence-corrected chi connectivity index (χ0v) is 14.0. The van der Waals surface area contributed by atoms with E-state index in [1.165, 1.54) is 0 Å². The zero-order chi connectivity index (χ0) is 16.9. The van der Waals surface area contributed by atoms with Gasteiger partial charge in [-0.15, -0.1) is 0 Å². The first-order chi connectivity index (χ1) is 11.0. The molecule has 1 amide bonds. The third-order valence-electron chi connectivity index (χ3n) is 3.96. The number of hydrogen-bond acceptors (Lipinski definition) is 4. The summed E-state index contributed by atoms with van der Waals surface area (Å²) in [6.07, 6.45) is 3.44. The lowest BCUT2D eigenvalue weighted by Crippen LogP contribution is -2.36. The van der Waals surface area contributed by atoms with Crippen molar-refractivity contribution in [1.82, 2.24) is 5.32 Å². The summed E-state index contributed by atoms with van der Waals surface area (Å²) in [6, 6.07) is 5.60. The standard InChI is InChI=1S/C18H25NO4/c1-18(2,8-5-9-20)12-19-17(21)14-10-13-6-4-7-15(22-3)16(13)23-11-14/h4,6-7,10,20H,5,8-9,11-12H2,1-3H3,(H,19,21). The van der Waals surface area contributed by atoms with Crippen molar-refractivity contribution in [2.75, 3.05) is 26.9 Å². The molecule has 2 rings (SSSR count). The number of aliphatic hydroxyl groups is 1. The van der Waals surface area contributed by atoms with Crippen LogP contribution in [0.4, 0.5) is 0 Å². The number of fused-ring (bicyclic) bond motifs is 1. The Hall–Kier alpha value is -2.01. The quantitative estimate of drug-likeness (QED) is 0.810. The van der Waals surface area contributed by atoms with Gasteiger partial charge in [0.2, 0.25) is 0 Å². The molecule has 0 aliphatic carbocycles. The number of benzene rings is 1. The fourth-order valence-electron chi connectivity index (χ4n) is 2.55. The van der Waals surface area contributed by atoms with Gasteiger partial charge in [0.25, 0.3) is 5.91 Å². The molecule has 0 saturated carbocycles. The van der Waals surface area contributed by atoms with Gasteiger partial charge in [0.1, 0.15) is 6.61 Å². The van der Waals surface area contributed by atoms with Crippen molar-refractivity contribution in [2.45, 2.75) is 26.7 Å². The molecule has 2 N–H and O–H groups in total. The average molecular weight is 319 g/mol. The molecule has 0 unspecified atom stereocenters. The second kappa shape index (κ2) is 7.51. The Labute approximate surface area is 137 Å². The largest absolute Gasteiger partial charge is 0.493 e. The molecular formula is C18H25NO4. The lowest BCUT2D eigenvalue weighted by Gasteiger charge is -2.25. The minimum atomic E-state index is -0.115. The van der Waals surface area contributed by atoms with Gasteiger partial charge in [0.15, 0.2) is 11.5 Å². The van der Waals surface area contributed by atoms with E-state index < -0.39 is 0 Å². The molecule has 1 aliphatic rings. The molecule has 1 aromatic rings. The summed E-state index contributed by atoms with van der Waals surface area (Å²) < 4.78 is 11.0. The van der Waals surface area contributed by atoms with Crippen molar-refractivity contribution in [3.05, 3.63) is 29.3 Å². The summed E-state index contributed by atoms with van der Waals surface area (Å²) in [5.41, 5.74) is 1.40. The molecule has 0 spiro atoms. The molecule has 5 heteroatoms. The third-order valence-corrected chi connectivity index (χ3v) is 3.96. The molecule has 1 aromatic carbocycles. The molecule has 0 bridgehead atoms. The number of ether oxygens (including phenoxy) is 2. The summed E-state index contributed by atoms with van der Waals surface area (Å²) in [5.74, 6) is 1.23. The molecular weight excluding hydrogens is 294 g/mol. The van der Waals surface area contributed by atoms with Crippen molar-refractivity contribution >= 4 is 12.0 Å². The van der Waals surface area contributed by atoms with Crippen LogP contribution in [0.15, 0.2) is 23.8 Å². The van der Waals surface area contributed by atoms with E-state index in [4.69, 9.17) is 14.6 Å². The number of hydrogen-bond donors (Lipinski definition) is 2. The van der Waals surface area contributed by atoms with E-state index in [0.717, 1.165) is 18.4 Å². The Kier molecular flexibility index (Phi) is 5.66. The number of carbonyl (C=O) groups excluding carboxylic acids is 1. The zero-order valence-electron chi connectivity index (χ0n) is 14.0. The van der Waals surface area contributed by atoms with Crippen molar-refractivity contribution in [2.24, 2.45) is 5.41 Å².